The first-order valence-electron chi connectivity index (χ1n) is 4.32. The van der Waals surface area contributed by atoms with E-state index in [-0.39, 0.29) is 5.75 Å². The third kappa shape index (κ3) is 1.74. The maximum absolute atomic E-state index is 9.49. The van der Waals surface area contributed by atoms with Crippen molar-refractivity contribution in [1.29, 1.82) is 0 Å². The van der Waals surface area contributed by atoms with E-state index >= 15 is 0 Å². The molecule has 0 aliphatic carbocycles. The van der Waals surface area contributed by atoms with Gasteiger partial charge in [-0.3, -0.25) is 0 Å². The second-order valence-corrected chi connectivity index (χ2v) is 3.04. The van der Waals surface area contributed by atoms with Crippen molar-refractivity contribution in [1.82, 2.24) is 10.1 Å². The summed E-state index contributed by atoms with van der Waals surface area (Å²) < 4.78 is 4.95. The van der Waals surface area contributed by atoms with E-state index in [1.54, 1.807) is 19.1 Å². The summed E-state index contributed by atoms with van der Waals surface area (Å²) in [5.41, 5.74) is 0.788. The Morgan fingerprint density at radius 1 is 1.36 bits per heavy atom. The zero-order valence-corrected chi connectivity index (χ0v) is 7.77. The predicted octanol–water partition coefficient (Wildman–Crippen LogP) is 1.67. The number of phenolic OH excluding ortho intramolecular Hbond substituents is 1. The molecule has 2 rings (SSSR count). The molecule has 0 unspecified atom stereocenters. The Bertz CT molecular complexity index is 437. The minimum atomic E-state index is 0.253. The molecule has 14 heavy (non-hydrogen) atoms. The lowest BCUT2D eigenvalue weighted by Crippen LogP contribution is -1.88. The molecule has 1 aromatic carbocycles. The van der Waals surface area contributed by atoms with Crippen molar-refractivity contribution in [3.8, 4) is 5.75 Å². The molecule has 1 heterocycles. The monoisotopic (exact) mass is 190 g/mol. The second-order valence-electron chi connectivity index (χ2n) is 3.04. The summed E-state index contributed by atoms with van der Waals surface area (Å²) in [6.45, 7) is 1.76. The molecule has 2 aromatic rings. The number of para-hydroxylation sites is 1. The van der Waals surface area contributed by atoms with Gasteiger partial charge < -0.3 is 9.63 Å². The third-order valence-electron chi connectivity index (χ3n) is 1.90. The van der Waals surface area contributed by atoms with E-state index in [1.807, 2.05) is 12.1 Å². The Morgan fingerprint density at radius 2 is 2.14 bits per heavy atom. The maximum Gasteiger partial charge on any atom is 0.231 e. The van der Waals surface area contributed by atoms with E-state index in [9.17, 15) is 5.11 Å². The largest absolute Gasteiger partial charge is 0.508 e. The van der Waals surface area contributed by atoms with Gasteiger partial charge in [0.2, 0.25) is 5.89 Å². The van der Waals surface area contributed by atoms with Gasteiger partial charge >= 0.3 is 0 Å². The van der Waals surface area contributed by atoms with Crippen molar-refractivity contribution in [3.63, 3.8) is 0 Å². The zero-order chi connectivity index (χ0) is 9.97. The Kier molecular flexibility index (Phi) is 2.18. The summed E-state index contributed by atoms with van der Waals surface area (Å²) in [4.78, 5) is 4.06. The summed E-state index contributed by atoms with van der Waals surface area (Å²) in [6.07, 6.45) is 0.466. The first kappa shape index (κ1) is 8.74. The van der Waals surface area contributed by atoms with Crippen LogP contribution in [0.5, 0.6) is 5.75 Å². The van der Waals surface area contributed by atoms with E-state index in [0.717, 1.165) is 5.56 Å². The number of benzene rings is 1. The number of phenols is 1. The standard InChI is InChI=1S/C10H10N2O2/c1-7-11-10(14-12-7)6-8-4-2-3-5-9(8)13/h2-5,13H,6H2,1H3. The van der Waals surface area contributed by atoms with Gasteiger partial charge in [-0.1, -0.05) is 23.4 Å². The lowest BCUT2D eigenvalue weighted by molar-refractivity contribution is 0.379. The van der Waals surface area contributed by atoms with Crippen LogP contribution in [0.15, 0.2) is 28.8 Å². The maximum atomic E-state index is 9.49. The van der Waals surface area contributed by atoms with Crippen LogP contribution >= 0.6 is 0 Å². The zero-order valence-electron chi connectivity index (χ0n) is 7.77. The van der Waals surface area contributed by atoms with Gasteiger partial charge in [0.15, 0.2) is 5.82 Å². The van der Waals surface area contributed by atoms with Gasteiger partial charge in [-0.15, -0.1) is 0 Å². The fourth-order valence-electron chi connectivity index (χ4n) is 1.24. The van der Waals surface area contributed by atoms with E-state index in [0.29, 0.717) is 18.1 Å². The average Bonchev–Trinajstić information content (AvgIpc) is 2.56. The molecule has 4 heteroatoms. The fourth-order valence-corrected chi connectivity index (χ4v) is 1.24. The molecule has 0 aliphatic rings. The lowest BCUT2D eigenvalue weighted by atomic mass is 10.1. The van der Waals surface area contributed by atoms with E-state index in [4.69, 9.17) is 4.52 Å². The summed E-state index contributed by atoms with van der Waals surface area (Å²) in [5, 5.41) is 13.2. The van der Waals surface area contributed by atoms with Crippen LogP contribution in [-0.4, -0.2) is 15.2 Å². The molecule has 0 fully saturated rings. The third-order valence-corrected chi connectivity index (χ3v) is 1.90. The van der Waals surface area contributed by atoms with Crippen LogP contribution in [0.4, 0.5) is 0 Å². The summed E-state index contributed by atoms with van der Waals surface area (Å²) in [7, 11) is 0. The molecule has 0 saturated carbocycles. The number of aromatic hydroxyl groups is 1. The Labute approximate surface area is 81.2 Å². The van der Waals surface area contributed by atoms with Crippen LogP contribution in [-0.2, 0) is 6.42 Å². The van der Waals surface area contributed by atoms with Gasteiger partial charge in [0, 0.05) is 5.56 Å². The van der Waals surface area contributed by atoms with Crippen LogP contribution in [0, 0.1) is 6.92 Å². The highest BCUT2D eigenvalue weighted by Gasteiger charge is 2.06. The number of aryl methyl sites for hydroxylation is 1. The second kappa shape index (κ2) is 3.49. The number of nitrogens with zero attached hydrogens (tertiary/aromatic N) is 2. The SMILES string of the molecule is Cc1noc(Cc2ccccc2O)n1. The number of aromatic nitrogens is 2. The van der Waals surface area contributed by atoms with Gasteiger partial charge in [0.25, 0.3) is 0 Å². The molecule has 0 saturated heterocycles. The molecule has 0 aliphatic heterocycles. The molecule has 0 bridgehead atoms. The van der Waals surface area contributed by atoms with E-state index < -0.39 is 0 Å². The average molecular weight is 190 g/mol. The van der Waals surface area contributed by atoms with Gasteiger partial charge in [-0.2, -0.15) is 4.98 Å². The van der Waals surface area contributed by atoms with Crippen LogP contribution in [0.2, 0.25) is 0 Å². The number of hydrogen-bond acceptors (Lipinski definition) is 4. The molecule has 0 atom stereocenters. The summed E-state index contributed by atoms with van der Waals surface area (Å²) >= 11 is 0. The molecule has 4 nitrogen and oxygen atoms in total. The first-order chi connectivity index (χ1) is 6.75. The summed E-state index contributed by atoms with van der Waals surface area (Å²) in [5.74, 6) is 1.38. The van der Waals surface area contributed by atoms with Crippen LogP contribution in [0.25, 0.3) is 0 Å². The molecular weight excluding hydrogens is 180 g/mol. The highest BCUT2D eigenvalue weighted by molar-refractivity contribution is 5.33. The van der Waals surface area contributed by atoms with Crippen molar-refractivity contribution < 1.29 is 9.63 Å². The van der Waals surface area contributed by atoms with E-state index in [2.05, 4.69) is 10.1 Å². The Morgan fingerprint density at radius 3 is 2.79 bits per heavy atom. The van der Waals surface area contributed by atoms with Crippen LogP contribution in [0.3, 0.4) is 0 Å². The van der Waals surface area contributed by atoms with Crippen LogP contribution < -0.4 is 0 Å². The first-order valence-corrected chi connectivity index (χ1v) is 4.32. The highest BCUT2D eigenvalue weighted by atomic mass is 16.5. The molecule has 1 N–H and O–H groups in total. The Hall–Kier alpha value is -1.84. The van der Waals surface area contributed by atoms with Gasteiger partial charge in [0.1, 0.15) is 5.75 Å². The molecule has 1 aromatic heterocycles. The molecule has 72 valence electrons. The van der Waals surface area contributed by atoms with Crippen molar-refractivity contribution >= 4 is 0 Å². The van der Waals surface area contributed by atoms with Crippen LogP contribution in [0.1, 0.15) is 17.3 Å². The van der Waals surface area contributed by atoms with Crippen molar-refractivity contribution in [2.75, 3.05) is 0 Å². The number of hydrogen-bond donors (Lipinski definition) is 1. The fraction of sp³-hybridized carbons (Fsp3) is 0.200. The van der Waals surface area contributed by atoms with E-state index in [1.165, 1.54) is 0 Å². The van der Waals surface area contributed by atoms with Crippen molar-refractivity contribution in [3.05, 3.63) is 41.5 Å². The summed E-state index contributed by atoms with van der Waals surface area (Å²) in [6, 6.07) is 7.10. The molecule has 0 radical (unpaired) electrons. The molecular formula is C10H10N2O2. The Balaban J connectivity index is 2.23. The van der Waals surface area contributed by atoms with Crippen molar-refractivity contribution in [2.24, 2.45) is 0 Å². The van der Waals surface area contributed by atoms with Gasteiger partial charge in [-0.05, 0) is 13.0 Å². The van der Waals surface area contributed by atoms with Crippen molar-refractivity contribution in [2.45, 2.75) is 13.3 Å². The highest BCUT2D eigenvalue weighted by Crippen LogP contribution is 2.18. The van der Waals surface area contributed by atoms with Gasteiger partial charge in [0.05, 0.1) is 6.42 Å². The minimum absolute atomic E-state index is 0.253. The quantitative estimate of drug-likeness (QED) is 0.782. The van der Waals surface area contributed by atoms with Gasteiger partial charge in [-0.25, -0.2) is 0 Å². The lowest BCUT2D eigenvalue weighted by Gasteiger charge is -1.99. The predicted molar refractivity (Wildman–Crippen MR) is 49.9 cm³/mol. The minimum Gasteiger partial charge on any atom is -0.508 e. The number of rotatable bonds is 2. The molecule has 0 spiro atoms. The molecule has 0 amide bonds. The normalized spacial score (nSPS) is 10.4. The topological polar surface area (TPSA) is 59.2 Å². The smallest absolute Gasteiger partial charge is 0.231 e.